The van der Waals surface area contributed by atoms with Crippen LogP contribution in [0.1, 0.15) is 15.9 Å². The number of nitrogens with zero attached hydrogens (tertiary/aromatic N) is 2. The predicted octanol–water partition coefficient (Wildman–Crippen LogP) is 4.32. The lowest BCUT2D eigenvalue weighted by atomic mass is 10.1. The van der Waals surface area contributed by atoms with Gasteiger partial charge in [0.2, 0.25) is 0 Å². The lowest BCUT2D eigenvalue weighted by molar-refractivity contribution is 0.102. The average Bonchev–Trinajstić information content (AvgIpc) is 2.84. The molecule has 1 aliphatic rings. The van der Waals surface area contributed by atoms with Gasteiger partial charge >= 0.3 is 6.09 Å². The summed E-state index contributed by atoms with van der Waals surface area (Å²) >= 11 is 0. The number of piperazine rings is 1. The molecule has 1 fully saturated rings. The van der Waals surface area contributed by atoms with Gasteiger partial charge in [-0.15, -0.1) is 0 Å². The molecule has 7 heteroatoms. The van der Waals surface area contributed by atoms with E-state index in [1.165, 1.54) is 4.90 Å². The molecule has 2 N–H and O–H groups in total. The summed E-state index contributed by atoms with van der Waals surface area (Å²) in [7, 11) is 0. The maximum Gasteiger partial charge on any atom is 0.407 e. The third-order valence-corrected chi connectivity index (χ3v) is 5.39. The van der Waals surface area contributed by atoms with E-state index in [1.807, 2.05) is 60.7 Å². The lowest BCUT2D eigenvalue weighted by Gasteiger charge is -2.34. The van der Waals surface area contributed by atoms with Crippen molar-refractivity contribution in [3.8, 4) is 5.75 Å². The molecule has 0 spiro atoms. The van der Waals surface area contributed by atoms with Crippen LogP contribution >= 0.6 is 0 Å². The molecule has 3 aromatic rings. The van der Waals surface area contributed by atoms with E-state index >= 15 is 0 Å². The van der Waals surface area contributed by atoms with Crippen LogP contribution in [0.25, 0.3) is 0 Å². The minimum absolute atomic E-state index is 0.201. The number of hydrogen-bond acceptors (Lipinski definition) is 4. The van der Waals surface area contributed by atoms with Crippen molar-refractivity contribution >= 4 is 23.4 Å². The number of hydrogen-bond donors (Lipinski definition) is 2. The molecule has 0 unspecified atom stereocenters. The van der Waals surface area contributed by atoms with Gasteiger partial charge in [-0.2, -0.15) is 0 Å². The number of carboxylic acid groups (broad SMARTS) is 1. The van der Waals surface area contributed by atoms with Crippen molar-refractivity contribution in [1.29, 1.82) is 0 Å². The Morgan fingerprint density at radius 3 is 2.28 bits per heavy atom. The fourth-order valence-electron chi connectivity index (χ4n) is 3.59. The van der Waals surface area contributed by atoms with Gasteiger partial charge in [-0.3, -0.25) is 4.79 Å². The Hall–Kier alpha value is -4.00. The molecule has 0 bridgehead atoms. The van der Waals surface area contributed by atoms with E-state index in [0.717, 1.165) is 11.3 Å². The summed E-state index contributed by atoms with van der Waals surface area (Å²) in [5.74, 6) is 0.481. The number of rotatable bonds is 6. The fraction of sp³-hybridized carbons (Fsp3) is 0.200. The maximum absolute atomic E-state index is 12.7. The van der Waals surface area contributed by atoms with Crippen molar-refractivity contribution in [2.75, 3.05) is 36.4 Å². The summed E-state index contributed by atoms with van der Waals surface area (Å²) in [5.41, 5.74) is 3.26. The van der Waals surface area contributed by atoms with Crippen molar-refractivity contribution in [3.63, 3.8) is 0 Å². The molecule has 0 saturated carbocycles. The van der Waals surface area contributed by atoms with E-state index in [2.05, 4.69) is 10.2 Å². The smallest absolute Gasteiger partial charge is 0.407 e. The molecule has 0 aliphatic carbocycles. The van der Waals surface area contributed by atoms with Gasteiger partial charge in [-0.25, -0.2) is 4.79 Å². The Bertz CT molecular complexity index is 1060. The predicted molar refractivity (Wildman–Crippen MR) is 123 cm³/mol. The molecule has 2 amide bonds. The standard InChI is InChI=1S/C25H25N3O4/c29-24(20-9-11-22(12-10-20)27-13-15-28(16-14-27)25(30)31)26-21-7-4-8-23(17-21)32-18-19-5-2-1-3-6-19/h1-12,17H,13-16,18H2,(H,26,29)(H,30,31). The molecular formula is C25H25N3O4. The van der Waals surface area contributed by atoms with Crippen molar-refractivity contribution < 1.29 is 19.4 Å². The van der Waals surface area contributed by atoms with Crippen molar-refractivity contribution in [2.45, 2.75) is 6.61 Å². The highest BCUT2D eigenvalue weighted by atomic mass is 16.5. The van der Waals surface area contributed by atoms with Crippen molar-refractivity contribution in [1.82, 2.24) is 4.90 Å². The first-order chi connectivity index (χ1) is 15.6. The number of carbonyl (C=O) groups excluding carboxylic acids is 1. The van der Waals surface area contributed by atoms with Crippen LogP contribution in [0.3, 0.4) is 0 Å². The highest BCUT2D eigenvalue weighted by Gasteiger charge is 2.20. The minimum Gasteiger partial charge on any atom is -0.489 e. The highest BCUT2D eigenvalue weighted by molar-refractivity contribution is 6.04. The van der Waals surface area contributed by atoms with Gasteiger partial charge in [-0.1, -0.05) is 36.4 Å². The lowest BCUT2D eigenvalue weighted by Crippen LogP contribution is -2.48. The monoisotopic (exact) mass is 431 g/mol. The molecule has 1 aliphatic heterocycles. The van der Waals surface area contributed by atoms with Gasteiger partial charge in [0.15, 0.2) is 0 Å². The molecular weight excluding hydrogens is 406 g/mol. The minimum atomic E-state index is -0.883. The van der Waals surface area contributed by atoms with Gasteiger partial charge in [0.25, 0.3) is 5.91 Å². The summed E-state index contributed by atoms with van der Waals surface area (Å²) in [6.07, 6.45) is -0.883. The molecule has 32 heavy (non-hydrogen) atoms. The first kappa shape index (κ1) is 21.2. The highest BCUT2D eigenvalue weighted by Crippen LogP contribution is 2.21. The number of amides is 2. The second-order valence-corrected chi connectivity index (χ2v) is 7.56. The normalized spacial score (nSPS) is 13.5. The van der Waals surface area contributed by atoms with Crippen LogP contribution in [0.5, 0.6) is 5.75 Å². The Morgan fingerprint density at radius 2 is 1.59 bits per heavy atom. The Kier molecular flexibility index (Phi) is 6.55. The molecule has 7 nitrogen and oxygen atoms in total. The topological polar surface area (TPSA) is 82.1 Å². The zero-order valence-corrected chi connectivity index (χ0v) is 17.6. The summed E-state index contributed by atoms with van der Waals surface area (Å²) in [4.78, 5) is 27.3. The van der Waals surface area contributed by atoms with Gasteiger partial charge in [-0.05, 0) is 42.0 Å². The van der Waals surface area contributed by atoms with E-state index in [9.17, 15) is 9.59 Å². The number of anilines is 2. The summed E-state index contributed by atoms with van der Waals surface area (Å²) in [6.45, 7) is 2.67. The summed E-state index contributed by atoms with van der Waals surface area (Å²) < 4.78 is 5.83. The first-order valence-corrected chi connectivity index (χ1v) is 10.5. The third kappa shape index (κ3) is 5.37. The Balaban J connectivity index is 1.33. The van der Waals surface area contributed by atoms with Crippen LogP contribution in [-0.4, -0.2) is 48.2 Å². The zero-order chi connectivity index (χ0) is 22.3. The largest absolute Gasteiger partial charge is 0.489 e. The van der Waals surface area contributed by atoms with Gasteiger partial charge in [0.05, 0.1) is 0 Å². The quantitative estimate of drug-likeness (QED) is 0.608. The van der Waals surface area contributed by atoms with Crippen LogP contribution in [-0.2, 0) is 6.61 Å². The second kappa shape index (κ2) is 9.87. The summed E-state index contributed by atoms with van der Waals surface area (Å²) in [5, 5.41) is 12.0. The Labute approximate surface area is 186 Å². The third-order valence-electron chi connectivity index (χ3n) is 5.39. The molecule has 4 rings (SSSR count). The van der Waals surface area contributed by atoms with Crippen LogP contribution in [0.4, 0.5) is 16.2 Å². The van der Waals surface area contributed by atoms with Crippen LogP contribution in [0.2, 0.25) is 0 Å². The zero-order valence-electron chi connectivity index (χ0n) is 17.6. The van der Waals surface area contributed by atoms with E-state index in [0.29, 0.717) is 49.8 Å². The number of nitrogens with one attached hydrogen (secondary N) is 1. The molecule has 0 aromatic heterocycles. The van der Waals surface area contributed by atoms with Gasteiger partial charge in [0.1, 0.15) is 12.4 Å². The van der Waals surface area contributed by atoms with E-state index in [-0.39, 0.29) is 5.91 Å². The maximum atomic E-state index is 12.7. The van der Waals surface area contributed by atoms with Gasteiger partial charge in [0, 0.05) is 49.2 Å². The van der Waals surface area contributed by atoms with E-state index in [1.54, 1.807) is 18.2 Å². The first-order valence-electron chi connectivity index (χ1n) is 10.5. The van der Waals surface area contributed by atoms with Crippen LogP contribution in [0.15, 0.2) is 78.9 Å². The van der Waals surface area contributed by atoms with Crippen molar-refractivity contribution in [2.24, 2.45) is 0 Å². The molecule has 1 saturated heterocycles. The molecule has 1 heterocycles. The SMILES string of the molecule is O=C(Nc1cccc(OCc2ccccc2)c1)c1ccc(N2CCN(C(=O)O)CC2)cc1. The average molecular weight is 431 g/mol. The molecule has 164 valence electrons. The van der Waals surface area contributed by atoms with E-state index < -0.39 is 6.09 Å². The van der Waals surface area contributed by atoms with E-state index in [4.69, 9.17) is 9.84 Å². The number of carbonyl (C=O) groups is 2. The van der Waals surface area contributed by atoms with Crippen LogP contribution in [0, 0.1) is 0 Å². The van der Waals surface area contributed by atoms with Crippen LogP contribution < -0.4 is 15.0 Å². The second-order valence-electron chi connectivity index (χ2n) is 7.56. The van der Waals surface area contributed by atoms with Gasteiger partial charge < -0.3 is 25.0 Å². The summed E-state index contributed by atoms with van der Waals surface area (Å²) in [6, 6.07) is 24.6. The number of benzene rings is 3. The molecule has 3 aromatic carbocycles. The Morgan fingerprint density at radius 1 is 0.875 bits per heavy atom. The van der Waals surface area contributed by atoms with Crippen molar-refractivity contribution in [3.05, 3.63) is 90.0 Å². The molecule has 0 atom stereocenters. The fourth-order valence-corrected chi connectivity index (χ4v) is 3.59. The molecule has 0 radical (unpaired) electrons. The number of ether oxygens (including phenoxy) is 1.